The molecule has 0 saturated heterocycles. The van der Waals surface area contributed by atoms with Crippen molar-refractivity contribution in [1.82, 2.24) is 14.7 Å². The molecule has 0 aliphatic heterocycles. The SMILES string of the molecule is CC.CC.CC.CC.Cc1cn(C(C(=O)CN(C)C(=O)OC(C)(C)C)c2ccccc2)nc1C. The van der Waals surface area contributed by atoms with Crippen LogP contribution in [0.2, 0.25) is 0 Å². The van der Waals surface area contributed by atoms with Crippen molar-refractivity contribution in [1.29, 1.82) is 0 Å². The highest BCUT2D eigenvalue weighted by Crippen LogP contribution is 2.21. The molecule has 34 heavy (non-hydrogen) atoms. The Morgan fingerprint density at radius 1 is 0.941 bits per heavy atom. The third-order valence-electron chi connectivity index (χ3n) is 3.95. The molecule has 1 unspecified atom stereocenters. The van der Waals surface area contributed by atoms with Crippen molar-refractivity contribution in [2.75, 3.05) is 13.6 Å². The molecule has 1 amide bonds. The molecule has 0 fully saturated rings. The van der Waals surface area contributed by atoms with Gasteiger partial charge in [0, 0.05) is 13.2 Å². The van der Waals surface area contributed by atoms with Crippen molar-refractivity contribution >= 4 is 11.9 Å². The molecule has 1 heterocycles. The minimum atomic E-state index is -0.608. The third-order valence-corrected chi connectivity index (χ3v) is 3.95. The monoisotopic (exact) mass is 477 g/mol. The molecule has 0 N–H and O–H groups in total. The third kappa shape index (κ3) is 13.2. The van der Waals surface area contributed by atoms with E-state index >= 15 is 0 Å². The Balaban J connectivity index is -0.00000108. The first-order valence-corrected chi connectivity index (χ1v) is 12.6. The number of ether oxygens (including phenoxy) is 1. The van der Waals surface area contributed by atoms with E-state index < -0.39 is 17.7 Å². The number of nitrogens with zero attached hydrogens (tertiary/aromatic N) is 3. The van der Waals surface area contributed by atoms with Gasteiger partial charge in [-0.05, 0) is 45.7 Å². The van der Waals surface area contributed by atoms with Gasteiger partial charge in [-0.1, -0.05) is 85.7 Å². The van der Waals surface area contributed by atoms with Gasteiger partial charge in [0.15, 0.2) is 5.78 Å². The fourth-order valence-corrected chi connectivity index (χ4v) is 2.55. The Labute approximate surface area is 209 Å². The van der Waals surface area contributed by atoms with E-state index in [9.17, 15) is 9.59 Å². The smallest absolute Gasteiger partial charge is 0.410 e. The van der Waals surface area contributed by atoms with Crippen LogP contribution in [0.5, 0.6) is 0 Å². The summed E-state index contributed by atoms with van der Waals surface area (Å²) in [6, 6.07) is 8.86. The zero-order valence-electron chi connectivity index (χ0n) is 24.3. The van der Waals surface area contributed by atoms with Gasteiger partial charge < -0.3 is 9.64 Å². The van der Waals surface area contributed by atoms with Gasteiger partial charge in [-0.25, -0.2) is 4.79 Å². The minimum absolute atomic E-state index is 0.0631. The second kappa shape index (κ2) is 19.8. The number of hydrogen-bond donors (Lipinski definition) is 0. The molecule has 0 saturated carbocycles. The van der Waals surface area contributed by atoms with Crippen molar-refractivity contribution in [3.05, 3.63) is 53.3 Å². The molecule has 0 spiro atoms. The Kier molecular flexibility index (Phi) is 20.9. The number of Topliss-reactive ketones (excluding diaryl/α,β-unsaturated/α-hetero) is 1. The number of carbonyl (C=O) groups is 2. The van der Waals surface area contributed by atoms with Crippen molar-refractivity contribution in [3.8, 4) is 0 Å². The Bertz CT molecular complexity index is 758. The van der Waals surface area contributed by atoms with Gasteiger partial charge in [-0.15, -0.1) is 0 Å². The van der Waals surface area contributed by atoms with E-state index in [4.69, 9.17) is 4.74 Å². The van der Waals surface area contributed by atoms with Crippen LogP contribution in [0.4, 0.5) is 4.79 Å². The lowest BCUT2D eigenvalue weighted by Crippen LogP contribution is -2.39. The lowest BCUT2D eigenvalue weighted by molar-refractivity contribution is -0.122. The first kappa shape index (κ1) is 35.9. The second-order valence-corrected chi connectivity index (χ2v) is 7.49. The van der Waals surface area contributed by atoms with Crippen LogP contribution < -0.4 is 0 Å². The Hall–Kier alpha value is -2.63. The number of carbonyl (C=O) groups excluding carboxylic acids is 2. The zero-order valence-corrected chi connectivity index (χ0v) is 24.3. The van der Waals surface area contributed by atoms with Crippen LogP contribution >= 0.6 is 0 Å². The largest absolute Gasteiger partial charge is 0.444 e. The minimum Gasteiger partial charge on any atom is -0.444 e. The van der Waals surface area contributed by atoms with Crippen molar-refractivity contribution < 1.29 is 14.3 Å². The highest BCUT2D eigenvalue weighted by Gasteiger charge is 2.28. The molecule has 1 atom stereocenters. The normalized spacial score (nSPS) is 10.3. The van der Waals surface area contributed by atoms with Gasteiger partial charge >= 0.3 is 6.09 Å². The predicted octanol–water partition coefficient (Wildman–Crippen LogP) is 7.63. The zero-order chi connectivity index (χ0) is 27.5. The van der Waals surface area contributed by atoms with E-state index in [-0.39, 0.29) is 12.3 Å². The van der Waals surface area contributed by atoms with Crippen LogP contribution in [-0.4, -0.2) is 45.8 Å². The van der Waals surface area contributed by atoms with Gasteiger partial charge in [0.05, 0.1) is 12.2 Å². The highest BCUT2D eigenvalue weighted by atomic mass is 16.6. The first-order chi connectivity index (χ1) is 16.1. The maximum atomic E-state index is 13.0. The van der Waals surface area contributed by atoms with E-state index in [0.29, 0.717) is 0 Å². The van der Waals surface area contributed by atoms with E-state index in [2.05, 4.69) is 5.10 Å². The summed E-state index contributed by atoms with van der Waals surface area (Å²) < 4.78 is 7.00. The fourth-order valence-electron chi connectivity index (χ4n) is 2.55. The highest BCUT2D eigenvalue weighted by molar-refractivity contribution is 5.89. The number of aromatic nitrogens is 2. The summed E-state index contributed by atoms with van der Waals surface area (Å²) in [7, 11) is 1.56. The van der Waals surface area contributed by atoms with Gasteiger partial charge in [0.25, 0.3) is 0 Å². The molecule has 2 aromatic rings. The van der Waals surface area contributed by atoms with Crippen LogP contribution in [0.25, 0.3) is 0 Å². The summed E-state index contributed by atoms with van der Waals surface area (Å²) in [5.41, 5.74) is 2.11. The van der Waals surface area contributed by atoms with Crippen LogP contribution in [-0.2, 0) is 9.53 Å². The molecule has 6 heteroatoms. The molecule has 1 aromatic carbocycles. The van der Waals surface area contributed by atoms with Crippen LogP contribution in [0, 0.1) is 13.8 Å². The molecule has 0 bridgehead atoms. The molecule has 0 aliphatic carbocycles. The van der Waals surface area contributed by atoms with Crippen molar-refractivity contribution in [2.45, 2.75) is 102 Å². The van der Waals surface area contributed by atoms with Crippen LogP contribution in [0.15, 0.2) is 36.5 Å². The molecule has 1 aromatic heterocycles. The number of aryl methyl sites for hydroxylation is 2. The molecule has 6 nitrogen and oxygen atoms in total. The van der Waals surface area contributed by atoms with Crippen molar-refractivity contribution in [2.24, 2.45) is 0 Å². The summed E-state index contributed by atoms with van der Waals surface area (Å²) in [5, 5.41) is 4.48. The summed E-state index contributed by atoms with van der Waals surface area (Å²) >= 11 is 0. The first-order valence-electron chi connectivity index (χ1n) is 12.6. The summed E-state index contributed by atoms with van der Waals surface area (Å²) in [6.45, 7) is 25.2. The standard InChI is InChI=1S/C20H27N3O3.4C2H6/c1-14-12-23(21-15(14)2)18(16-10-8-7-9-11-16)17(24)13-22(6)19(25)26-20(3,4)5;4*1-2/h7-12,18H,13H2,1-6H3;4*1-2H3. The van der Waals surface area contributed by atoms with Crippen LogP contribution in [0.1, 0.15) is 99.0 Å². The number of amides is 1. The lowest BCUT2D eigenvalue weighted by Gasteiger charge is -2.25. The predicted molar refractivity (Wildman–Crippen MR) is 146 cm³/mol. The van der Waals surface area contributed by atoms with Gasteiger partial charge in [0.1, 0.15) is 11.6 Å². The topological polar surface area (TPSA) is 64.4 Å². The number of likely N-dealkylation sites (N-methyl/N-ethyl adjacent to an activating group) is 1. The number of benzene rings is 1. The maximum absolute atomic E-state index is 13.0. The van der Waals surface area contributed by atoms with E-state index in [0.717, 1.165) is 16.8 Å². The van der Waals surface area contributed by atoms with E-state index in [1.54, 1.807) is 32.5 Å². The average Bonchev–Trinajstić information content (AvgIpc) is 3.16. The van der Waals surface area contributed by atoms with Gasteiger partial charge in [-0.2, -0.15) is 5.10 Å². The van der Waals surface area contributed by atoms with Gasteiger partial charge in [0.2, 0.25) is 0 Å². The maximum Gasteiger partial charge on any atom is 0.410 e. The van der Waals surface area contributed by atoms with Gasteiger partial charge in [-0.3, -0.25) is 9.48 Å². The Morgan fingerprint density at radius 2 is 1.41 bits per heavy atom. The molecule has 196 valence electrons. The number of rotatable bonds is 5. The molecule has 0 aliphatic rings. The fraction of sp³-hybridized carbons (Fsp3) is 0.607. The van der Waals surface area contributed by atoms with Crippen LogP contribution in [0.3, 0.4) is 0 Å². The summed E-state index contributed by atoms with van der Waals surface area (Å²) in [4.78, 5) is 26.5. The molecule has 0 radical (unpaired) electrons. The second-order valence-electron chi connectivity index (χ2n) is 7.49. The average molecular weight is 478 g/mol. The lowest BCUT2D eigenvalue weighted by atomic mass is 10.0. The quantitative estimate of drug-likeness (QED) is 0.444. The molecule has 2 rings (SSSR count). The molecular weight excluding hydrogens is 426 g/mol. The van der Waals surface area contributed by atoms with E-state index in [1.807, 2.05) is 106 Å². The summed E-state index contributed by atoms with van der Waals surface area (Å²) in [6.07, 6.45) is 1.34. The molecular formula is C28H51N3O3. The Morgan fingerprint density at radius 3 is 1.79 bits per heavy atom. The summed E-state index contributed by atoms with van der Waals surface area (Å²) in [5.74, 6) is -0.132. The number of ketones is 1. The number of hydrogen-bond acceptors (Lipinski definition) is 4. The van der Waals surface area contributed by atoms with E-state index in [1.165, 1.54) is 4.90 Å². The van der Waals surface area contributed by atoms with Crippen molar-refractivity contribution in [3.63, 3.8) is 0 Å².